The molecule has 100 valence electrons. The summed E-state index contributed by atoms with van der Waals surface area (Å²) in [5.74, 6) is 3.08. The lowest BCUT2D eigenvalue weighted by molar-refractivity contribution is -0.118. The van der Waals surface area contributed by atoms with E-state index in [-0.39, 0.29) is 5.91 Å². The van der Waals surface area contributed by atoms with Gasteiger partial charge in [0, 0.05) is 6.54 Å². The molecule has 0 spiro atoms. The van der Waals surface area contributed by atoms with E-state index in [0.717, 1.165) is 17.1 Å². The Morgan fingerprint density at radius 1 is 1.44 bits per heavy atom. The highest BCUT2D eigenvalue weighted by atomic mass is 32.2. The average molecular weight is 267 g/mol. The molecule has 3 nitrogen and oxygen atoms in total. The van der Waals surface area contributed by atoms with Crippen LogP contribution in [0.1, 0.15) is 19.4 Å². The van der Waals surface area contributed by atoms with E-state index in [1.165, 1.54) is 0 Å². The minimum absolute atomic E-state index is 0.0865. The Hall–Kier alpha value is -1.16. The zero-order chi connectivity index (χ0) is 13.4. The Balaban J connectivity index is 2.29. The summed E-state index contributed by atoms with van der Waals surface area (Å²) >= 11 is 1.68. The van der Waals surface area contributed by atoms with Gasteiger partial charge in [-0.25, -0.2) is 0 Å². The molecule has 0 saturated carbocycles. The van der Waals surface area contributed by atoms with Crippen molar-refractivity contribution in [3.63, 3.8) is 0 Å². The third-order valence-corrected chi connectivity index (χ3v) is 3.68. The molecule has 0 fully saturated rings. The van der Waals surface area contributed by atoms with Gasteiger partial charge in [-0.2, -0.15) is 11.8 Å². The summed E-state index contributed by atoms with van der Waals surface area (Å²) in [5, 5.41) is 2.91. The van der Waals surface area contributed by atoms with Crippen LogP contribution < -0.4 is 10.1 Å². The van der Waals surface area contributed by atoms with E-state index in [0.29, 0.717) is 18.2 Å². The number of hydrogen-bond acceptors (Lipinski definition) is 3. The van der Waals surface area contributed by atoms with Crippen LogP contribution in [-0.4, -0.2) is 24.5 Å². The standard InChI is InChI=1S/C14H21NO2S/c1-11(2)9-18-10-14(16)15-8-12-5-4-6-13(7-12)17-3/h4-7,11H,8-10H2,1-3H3,(H,15,16). The molecule has 1 aromatic carbocycles. The third-order valence-electron chi connectivity index (χ3n) is 2.31. The van der Waals surface area contributed by atoms with Crippen molar-refractivity contribution in [2.24, 2.45) is 5.92 Å². The van der Waals surface area contributed by atoms with E-state index >= 15 is 0 Å². The Labute approximate surface area is 113 Å². The van der Waals surface area contributed by atoms with Gasteiger partial charge < -0.3 is 10.1 Å². The first-order valence-electron chi connectivity index (χ1n) is 6.09. The summed E-state index contributed by atoms with van der Waals surface area (Å²) in [7, 11) is 1.64. The van der Waals surface area contributed by atoms with Crippen LogP contribution >= 0.6 is 11.8 Å². The van der Waals surface area contributed by atoms with Gasteiger partial charge in [-0.1, -0.05) is 26.0 Å². The monoisotopic (exact) mass is 267 g/mol. The smallest absolute Gasteiger partial charge is 0.230 e. The summed E-state index contributed by atoms with van der Waals surface area (Å²) < 4.78 is 5.14. The molecule has 0 saturated heterocycles. The topological polar surface area (TPSA) is 38.3 Å². The van der Waals surface area contributed by atoms with Gasteiger partial charge in [-0.15, -0.1) is 0 Å². The molecule has 0 atom stereocenters. The number of rotatable bonds is 7. The van der Waals surface area contributed by atoms with Crippen molar-refractivity contribution < 1.29 is 9.53 Å². The maximum Gasteiger partial charge on any atom is 0.230 e. The lowest BCUT2D eigenvalue weighted by Gasteiger charge is -2.07. The van der Waals surface area contributed by atoms with Crippen molar-refractivity contribution in [1.29, 1.82) is 0 Å². The summed E-state index contributed by atoms with van der Waals surface area (Å²) in [5.41, 5.74) is 1.05. The van der Waals surface area contributed by atoms with Gasteiger partial charge in [-0.3, -0.25) is 4.79 Å². The molecule has 1 rings (SSSR count). The van der Waals surface area contributed by atoms with Crippen LogP contribution in [0, 0.1) is 5.92 Å². The van der Waals surface area contributed by atoms with Crippen molar-refractivity contribution >= 4 is 17.7 Å². The number of carbonyl (C=O) groups excluding carboxylic acids is 1. The second-order valence-corrected chi connectivity index (χ2v) is 5.57. The second kappa shape index (κ2) is 8.03. The molecule has 0 heterocycles. The highest BCUT2D eigenvalue weighted by Gasteiger charge is 2.03. The first-order chi connectivity index (χ1) is 8.61. The van der Waals surface area contributed by atoms with Crippen molar-refractivity contribution in [3.05, 3.63) is 29.8 Å². The maximum atomic E-state index is 11.6. The van der Waals surface area contributed by atoms with Crippen molar-refractivity contribution in [3.8, 4) is 5.75 Å². The SMILES string of the molecule is COc1cccc(CNC(=O)CSCC(C)C)c1. The fraction of sp³-hybridized carbons (Fsp3) is 0.500. The number of thioether (sulfide) groups is 1. The molecule has 18 heavy (non-hydrogen) atoms. The molecule has 0 bridgehead atoms. The van der Waals surface area contributed by atoms with Crippen LogP contribution in [0.25, 0.3) is 0 Å². The van der Waals surface area contributed by atoms with E-state index in [9.17, 15) is 4.79 Å². The number of methoxy groups -OCH3 is 1. The lowest BCUT2D eigenvalue weighted by atomic mass is 10.2. The highest BCUT2D eigenvalue weighted by Crippen LogP contribution is 2.12. The van der Waals surface area contributed by atoms with Crippen molar-refractivity contribution in [1.82, 2.24) is 5.32 Å². The molecule has 1 N–H and O–H groups in total. The van der Waals surface area contributed by atoms with Gasteiger partial charge in [-0.05, 0) is 29.4 Å². The molecule has 0 aliphatic rings. The van der Waals surface area contributed by atoms with E-state index in [1.807, 2.05) is 24.3 Å². The fourth-order valence-corrected chi connectivity index (χ4v) is 2.30. The first kappa shape index (κ1) is 14.9. The summed E-state index contributed by atoms with van der Waals surface area (Å²) in [6.45, 7) is 4.86. The summed E-state index contributed by atoms with van der Waals surface area (Å²) in [6, 6.07) is 7.73. The van der Waals surface area contributed by atoms with Crippen LogP contribution in [0.5, 0.6) is 5.75 Å². The lowest BCUT2D eigenvalue weighted by Crippen LogP contribution is -2.24. The van der Waals surface area contributed by atoms with Gasteiger partial charge in [0.25, 0.3) is 0 Å². The number of ether oxygens (including phenoxy) is 1. The molecule has 0 unspecified atom stereocenters. The summed E-state index contributed by atoms with van der Waals surface area (Å²) in [6.07, 6.45) is 0. The zero-order valence-corrected chi connectivity index (χ0v) is 12.0. The number of carbonyl (C=O) groups is 1. The predicted molar refractivity (Wildman–Crippen MR) is 77.0 cm³/mol. The summed E-state index contributed by atoms with van der Waals surface area (Å²) in [4.78, 5) is 11.6. The quantitative estimate of drug-likeness (QED) is 0.825. The molecule has 1 amide bonds. The van der Waals surface area contributed by atoms with Crippen LogP contribution in [0.3, 0.4) is 0 Å². The molecular weight excluding hydrogens is 246 g/mol. The Kier molecular flexibility index (Phi) is 6.65. The van der Waals surface area contributed by atoms with Gasteiger partial charge in [0.1, 0.15) is 5.75 Å². The Morgan fingerprint density at radius 3 is 2.89 bits per heavy atom. The maximum absolute atomic E-state index is 11.6. The van der Waals surface area contributed by atoms with Crippen LogP contribution in [0.4, 0.5) is 0 Å². The molecule has 0 radical (unpaired) electrons. The Bertz CT molecular complexity index is 380. The fourth-order valence-electron chi connectivity index (χ4n) is 1.42. The van der Waals surface area contributed by atoms with Gasteiger partial charge in [0.15, 0.2) is 0 Å². The van der Waals surface area contributed by atoms with Crippen LogP contribution in [0.15, 0.2) is 24.3 Å². The highest BCUT2D eigenvalue weighted by molar-refractivity contribution is 7.99. The van der Waals surface area contributed by atoms with E-state index in [4.69, 9.17) is 4.74 Å². The number of amides is 1. The van der Waals surface area contributed by atoms with E-state index in [1.54, 1.807) is 18.9 Å². The minimum Gasteiger partial charge on any atom is -0.497 e. The number of benzene rings is 1. The van der Waals surface area contributed by atoms with Gasteiger partial charge in [0.2, 0.25) is 5.91 Å². The average Bonchev–Trinajstić information content (AvgIpc) is 2.36. The van der Waals surface area contributed by atoms with E-state index < -0.39 is 0 Å². The third kappa shape index (κ3) is 5.96. The van der Waals surface area contributed by atoms with Crippen LogP contribution in [-0.2, 0) is 11.3 Å². The minimum atomic E-state index is 0.0865. The Morgan fingerprint density at radius 2 is 2.22 bits per heavy atom. The van der Waals surface area contributed by atoms with E-state index in [2.05, 4.69) is 19.2 Å². The van der Waals surface area contributed by atoms with Gasteiger partial charge in [0.05, 0.1) is 12.9 Å². The van der Waals surface area contributed by atoms with Gasteiger partial charge >= 0.3 is 0 Å². The predicted octanol–water partition coefficient (Wildman–Crippen LogP) is 2.70. The van der Waals surface area contributed by atoms with Crippen molar-refractivity contribution in [2.75, 3.05) is 18.6 Å². The zero-order valence-electron chi connectivity index (χ0n) is 11.2. The van der Waals surface area contributed by atoms with Crippen LogP contribution in [0.2, 0.25) is 0 Å². The normalized spacial score (nSPS) is 10.4. The molecule has 0 aliphatic heterocycles. The molecular formula is C14H21NO2S. The molecule has 0 aliphatic carbocycles. The number of nitrogens with one attached hydrogen (secondary N) is 1. The molecule has 1 aromatic rings. The van der Waals surface area contributed by atoms with Crippen molar-refractivity contribution in [2.45, 2.75) is 20.4 Å². The molecule has 0 aromatic heterocycles. The molecule has 4 heteroatoms. The number of hydrogen-bond donors (Lipinski definition) is 1. The largest absolute Gasteiger partial charge is 0.497 e. The second-order valence-electron chi connectivity index (χ2n) is 4.54. The first-order valence-corrected chi connectivity index (χ1v) is 7.24.